The van der Waals surface area contributed by atoms with Gasteiger partial charge in [-0.1, -0.05) is 15.9 Å². The molecule has 0 aliphatic carbocycles. The van der Waals surface area contributed by atoms with E-state index in [0.29, 0.717) is 0 Å². The van der Waals surface area contributed by atoms with E-state index in [0.717, 1.165) is 12.1 Å². The van der Waals surface area contributed by atoms with Crippen molar-refractivity contribution in [2.45, 2.75) is 0 Å². The van der Waals surface area contributed by atoms with Crippen molar-refractivity contribution in [1.29, 1.82) is 0 Å². The van der Waals surface area contributed by atoms with Crippen LogP contribution in [0.3, 0.4) is 0 Å². The maximum Gasteiger partial charge on any atom is 0.261 e. The number of rotatable bonds is 2. The second-order valence-corrected chi connectivity index (χ2v) is 4.53. The lowest BCUT2D eigenvalue weighted by Gasteiger charge is -2.07. The summed E-state index contributed by atoms with van der Waals surface area (Å²) in [5.41, 5.74) is -1.47. The molecule has 19 heavy (non-hydrogen) atoms. The first kappa shape index (κ1) is 13.4. The molecule has 0 saturated heterocycles. The average molecular weight is 329 g/mol. The predicted molar refractivity (Wildman–Crippen MR) is 69.1 cm³/mol. The highest BCUT2D eigenvalue weighted by molar-refractivity contribution is 9.10. The Labute approximate surface area is 114 Å². The SMILES string of the molecule is O=C(Nc1c(F)cc(Br)cc1F)c1ccc[nH]c1=O. The van der Waals surface area contributed by atoms with Gasteiger partial charge in [-0.25, -0.2) is 8.78 Å². The van der Waals surface area contributed by atoms with Gasteiger partial charge >= 0.3 is 0 Å². The van der Waals surface area contributed by atoms with E-state index in [-0.39, 0.29) is 10.0 Å². The van der Waals surface area contributed by atoms with E-state index >= 15 is 0 Å². The number of H-pyrrole nitrogens is 1. The number of amides is 1. The van der Waals surface area contributed by atoms with Gasteiger partial charge in [-0.3, -0.25) is 9.59 Å². The summed E-state index contributed by atoms with van der Waals surface area (Å²) in [6, 6.07) is 4.70. The van der Waals surface area contributed by atoms with Gasteiger partial charge in [0.15, 0.2) is 11.6 Å². The van der Waals surface area contributed by atoms with E-state index < -0.39 is 28.8 Å². The highest BCUT2D eigenvalue weighted by atomic mass is 79.9. The molecule has 0 bridgehead atoms. The van der Waals surface area contributed by atoms with Gasteiger partial charge in [0.05, 0.1) is 0 Å². The molecule has 2 rings (SSSR count). The fourth-order valence-corrected chi connectivity index (χ4v) is 1.84. The Morgan fingerprint density at radius 1 is 1.26 bits per heavy atom. The summed E-state index contributed by atoms with van der Waals surface area (Å²) >= 11 is 2.92. The Balaban J connectivity index is 2.35. The molecule has 1 heterocycles. The second kappa shape index (κ2) is 5.31. The van der Waals surface area contributed by atoms with Crippen molar-refractivity contribution >= 4 is 27.5 Å². The standard InChI is InChI=1S/C12H7BrF2N2O2/c13-6-4-8(14)10(9(15)5-6)17-12(19)7-2-1-3-16-11(7)18/h1-5H,(H,16,18)(H,17,19). The first-order valence-corrected chi connectivity index (χ1v) is 5.92. The number of carbonyl (C=O) groups is 1. The Hall–Kier alpha value is -2.02. The summed E-state index contributed by atoms with van der Waals surface area (Å²) < 4.78 is 27.2. The molecule has 0 spiro atoms. The first-order chi connectivity index (χ1) is 8.99. The normalized spacial score (nSPS) is 10.3. The zero-order valence-corrected chi connectivity index (χ0v) is 10.9. The van der Waals surface area contributed by atoms with Crippen LogP contribution in [0.15, 0.2) is 39.7 Å². The fraction of sp³-hybridized carbons (Fsp3) is 0. The van der Waals surface area contributed by atoms with E-state index in [9.17, 15) is 18.4 Å². The summed E-state index contributed by atoms with van der Waals surface area (Å²) in [5.74, 6) is -2.76. The second-order valence-electron chi connectivity index (χ2n) is 3.61. The number of pyridine rings is 1. The van der Waals surface area contributed by atoms with E-state index in [1.165, 1.54) is 18.3 Å². The van der Waals surface area contributed by atoms with Crippen LogP contribution in [0.4, 0.5) is 14.5 Å². The molecule has 2 N–H and O–H groups in total. The smallest absolute Gasteiger partial charge is 0.261 e. The van der Waals surface area contributed by atoms with Crippen LogP contribution in [-0.4, -0.2) is 10.9 Å². The summed E-state index contributed by atoms with van der Waals surface area (Å²) in [6.45, 7) is 0. The van der Waals surface area contributed by atoms with Crippen LogP contribution in [0.25, 0.3) is 0 Å². The van der Waals surface area contributed by atoms with E-state index in [4.69, 9.17) is 0 Å². The zero-order chi connectivity index (χ0) is 14.0. The molecular weight excluding hydrogens is 322 g/mol. The fourth-order valence-electron chi connectivity index (χ4n) is 1.44. The molecule has 1 aromatic heterocycles. The van der Waals surface area contributed by atoms with Gasteiger partial charge in [-0.05, 0) is 24.3 Å². The maximum absolute atomic E-state index is 13.5. The van der Waals surface area contributed by atoms with Gasteiger partial charge in [0.2, 0.25) is 0 Å². The number of aromatic amines is 1. The molecule has 98 valence electrons. The molecule has 0 atom stereocenters. The van der Waals surface area contributed by atoms with Crippen molar-refractivity contribution in [2.75, 3.05) is 5.32 Å². The van der Waals surface area contributed by atoms with Gasteiger partial charge in [-0.15, -0.1) is 0 Å². The molecule has 0 fully saturated rings. The number of benzene rings is 1. The lowest BCUT2D eigenvalue weighted by Crippen LogP contribution is -2.23. The minimum atomic E-state index is -0.937. The topological polar surface area (TPSA) is 62.0 Å². The zero-order valence-electron chi connectivity index (χ0n) is 9.34. The van der Waals surface area contributed by atoms with Crippen LogP contribution in [0, 0.1) is 11.6 Å². The average Bonchev–Trinajstić information content (AvgIpc) is 2.34. The van der Waals surface area contributed by atoms with Crippen LogP contribution < -0.4 is 10.9 Å². The number of aromatic nitrogens is 1. The van der Waals surface area contributed by atoms with Crippen LogP contribution >= 0.6 is 15.9 Å². The maximum atomic E-state index is 13.5. The van der Waals surface area contributed by atoms with Gasteiger partial charge in [-0.2, -0.15) is 0 Å². The highest BCUT2D eigenvalue weighted by Gasteiger charge is 2.16. The van der Waals surface area contributed by atoms with Crippen molar-refractivity contribution in [3.8, 4) is 0 Å². The van der Waals surface area contributed by atoms with E-state index in [1.807, 2.05) is 5.32 Å². The molecule has 0 saturated carbocycles. The quantitative estimate of drug-likeness (QED) is 0.890. The highest BCUT2D eigenvalue weighted by Crippen LogP contribution is 2.23. The molecule has 1 aromatic carbocycles. The predicted octanol–water partition coefficient (Wildman–Crippen LogP) is 2.67. The summed E-state index contributed by atoms with van der Waals surface area (Å²) in [6.07, 6.45) is 1.35. The summed E-state index contributed by atoms with van der Waals surface area (Å²) in [5, 5.41) is 2.03. The van der Waals surface area contributed by atoms with Crippen molar-refractivity contribution in [1.82, 2.24) is 4.98 Å². The molecule has 2 aromatic rings. The Morgan fingerprint density at radius 3 is 2.47 bits per heavy atom. The lowest BCUT2D eigenvalue weighted by molar-refractivity contribution is 0.102. The van der Waals surface area contributed by atoms with Crippen LogP contribution in [-0.2, 0) is 0 Å². The van der Waals surface area contributed by atoms with Crippen molar-refractivity contribution in [2.24, 2.45) is 0 Å². The lowest BCUT2D eigenvalue weighted by atomic mass is 10.2. The van der Waals surface area contributed by atoms with Gasteiger partial charge in [0, 0.05) is 10.7 Å². The Kier molecular flexibility index (Phi) is 3.75. The Bertz CT molecular complexity index is 677. The molecule has 0 aliphatic heterocycles. The molecule has 0 aliphatic rings. The minimum Gasteiger partial charge on any atom is -0.328 e. The molecule has 0 unspecified atom stereocenters. The number of nitrogens with one attached hydrogen (secondary N) is 2. The number of hydrogen-bond donors (Lipinski definition) is 2. The molecule has 7 heteroatoms. The number of hydrogen-bond acceptors (Lipinski definition) is 2. The Morgan fingerprint density at radius 2 is 1.89 bits per heavy atom. The number of anilines is 1. The van der Waals surface area contributed by atoms with Crippen LogP contribution in [0.1, 0.15) is 10.4 Å². The van der Waals surface area contributed by atoms with Crippen LogP contribution in [0.2, 0.25) is 0 Å². The molecule has 4 nitrogen and oxygen atoms in total. The van der Waals surface area contributed by atoms with Crippen molar-refractivity contribution < 1.29 is 13.6 Å². The molecule has 0 radical (unpaired) electrons. The van der Waals surface area contributed by atoms with Gasteiger partial charge < -0.3 is 10.3 Å². The third-order valence-corrected chi connectivity index (χ3v) is 2.77. The number of halogens is 3. The molecular formula is C12H7BrF2N2O2. The van der Waals surface area contributed by atoms with Crippen LogP contribution in [0.5, 0.6) is 0 Å². The first-order valence-electron chi connectivity index (χ1n) is 5.12. The summed E-state index contributed by atoms with van der Waals surface area (Å²) in [4.78, 5) is 25.4. The minimum absolute atomic E-state index is 0.207. The van der Waals surface area contributed by atoms with Gasteiger partial charge in [0.25, 0.3) is 11.5 Å². The van der Waals surface area contributed by atoms with Gasteiger partial charge in [0.1, 0.15) is 11.3 Å². The third-order valence-electron chi connectivity index (χ3n) is 2.31. The third kappa shape index (κ3) is 2.87. The largest absolute Gasteiger partial charge is 0.328 e. The monoisotopic (exact) mass is 328 g/mol. The van der Waals surface area contributed by atoms with E-state index in [2.05, 4.69) is 20.9 Å². The van der Waals surface area contributed by atoms with Crippen molar-refractivity contribution in [3.05, 3.63) is 62.5 Å². The number of carbonyl (C=O) groups excluding carboxylic acids is 1. The van der Waals surface area contributed by atoms with E-state index in [1.54, 1.807) is 0 Å². The molecule has 1 amide bonds. The van der Waals surface area contributed by atoms with Crippen molar-refractivity contribution in [3.63, 3.8) is 0 Å². The summed E-state index contributed by atoms with van der Waals surface area (Å²) in [7, 11) is 0.